The first-order chi connectivity index (χ1) is 25.4. The molecule has 0 spiro atoms. The number of nitrogens with zero attached hydrogens (tertiary/aromatic N) is 5. The van der Waals surface area contributed by atoms with E-state index >= 15 is 0 Å². The number of nitrogens with one attached hydrogen (secondary N) is 1. The number of carbonyl (C=O) groups is 3. The van der Waals surface area contributed by atoms with Gasteiger partial charge in [0.25, 0.3) is 17.7 Å². The molecule has 1 fully saturated rings. The second kappa shape index (κ2) is 17.8. The maximum Gasteiger partial charge on any atom is 0.490 e. The molecular weight excluding hydrogens is 808 g/mol. The zero-order valence-corrected chi connectivity index (χ0v) is 31.7. The molecule has 3 atom stereocenters. The molecule has 2 amide bonds. The monoisotopic (exact) mass is 844 g/mol. The normalized spacial score (nSPS) is 17.3. The van der Waals surface area contributed by atoms with E-state index in [-0.39, 0.29) is 10.8 Å². The van der Waals surface area contributed by atoms with Gasteiger partial charge in [0.15, 0.2) is 17.9 Å². The van der Waals surface area contributed by atoms with Crippen LogP contribution in [0.1, 0.15) is 26.0 Å². The minimum absolute atomic E-state index is 0.0414. The number of carbonyl (C=O) groups excluding carboxylic acids is 2. The minimum atomic E-state index is -5.28. The second-order valence-corrected chi connectivity index (χ2v) is 15.6. The van der Waals surface area contributed by atoms with Gasteiger partial charge in [-0.1, -0.05) is 17.3 Å². The number of anilines is 1. The largest absolute Gasteiger partial charge is 0.724 e. The molecule has 3 heterocycles. The fourth-order valence-corrected chi connectivity index (χ4v) is 6.19. The number of nitrogens with two attached hydrogens (primary N) is 2. The van der Waals surface area contributed by atoms with Crippen LogP contribution in [0.4, 0.5) is 18.3 Å². The van der Waals surface area contributed by atoms with Crippen LogP contribution in [0.25, 0.3) is 11.1 Å². The number of hydroxylamine groups is 2. The van der Waals surface area contributed by atoms with Gasteiger partial charge in [-0.25, -0.2) is 18.2 Å². The molecule has 0 bridgehead atoms. The van der Waals surface area contributed by atoms with E-state index in [1.54, 1.807) is 24.3 Å². The molecule has 1 unspecified atom stereocenters. The third kappa shape index (κ3) is 11.9. The summed E-state index contributed by atoms with van der Waals surface area (Å²) in [6.07, 6.45) is -0.311. The number of hydrogen-bond acceptors (Lipinski definition) is 16. The van der Waals surface area contributed by atoms with E-state index in [1.807, 2.05) is 28.8 Å². The van der Waals surface area contributed by atoms with Crippen molar-refractivity contribution in [2.75, 3.05) is 26.0 Å². The number of aromatic nitrogens is 3. The molecule has 4 rings (SSSR count). The number of hydrogen-bond donors (Lipinski definition) is 5. The number of thiazole rings is 1. The maximum absolute atomic E-state index is 13.3. The molecule has 3 aromatic rings. The SMILES string of the molecule is COP(=O)(O)[C@H](COc1ccc(-c2cn(CCCN)[n+](C)c2)cc1)O/N=C(\C(=O)N[C@@H]1C(=O)N(OS(=O)(=O)[O-])C1(C)C)c1csc(N)n1.O=C(O)C(F)(F)F. The fraction of sp³-hybridized carbons (Fsp3) is 0.429. The van der Waals surface area contributed by atoms with Crippen LogP contribution in [0.15, 0.2) is 47.2 Å². The Balaban J connectivity index is 0.00000106. The van der Waals surface area contributed by atoms with Crippen LogP contribution in [0.3, 0.4) is 0 Å². The van der Waals surface area contributed by atoms with E-state index in [1.165, 1.54) is 19.2 Å². The molecule has 1 aliphatic rings. The molecule has 7 N–H and O–H groups in total. The van der Waals surface area contributed by atoms with E-state index < -0.39 is 71.7 Å². The van der Waals surface area contributed by atoms with Crippen molar-refractivity contribution >= 4 is 58.0 Å². The number of oxime groups is 1. The van der Waals surface area contributed by atoms with Gasteiger partial charge in [0.1, 0.15) is 24.1 Å². The third-order valence-electron chi connectivity index (χ3n) is 7.42. The van der Waals surface area contributed by atoms with E-state index in [2.05, 4.69) is 19.7 Å². The van der Waals surface area contributed by atoms with Crippen LogP contribution < -0.4 is 26.2 Å². The lowest BCUT2D eigenvalue weighted by atomic mass is 9.84. The molecule has 1 aromatic carbocycles. The maximum atomic E-state index is 13.3. The molecule has 21 nitrogen and oxygen atoms in total. The highest BCUT2D eigenvalue weighted by Crippen LogP contribution is 2.47. The zero-order valence-electron chi connectivity index (χ0n) is 29.2. The van der Waals surface area contributed by atoms with Gasteiger partial charge in [-0.3, -0.25) is 14.2 Å². The van der Waals surface area contributed by atoms with Gasteiger partial charge in [0.05, 0.1) is 23.8 Å². The first-order valence-corrected chi connectivity index (χ1v) is 19.2. The van der Waals surface area contributed by atoms with Crippen molar-refractivity contribution in [2.45, 2.75) is 50.4 Å². The number of aliphatic carboxylic acids is 1. The van der Waals surface area contributed by atoms with Crippen LogP contribution >= 0.6 is 18.9 Å². The van der Waals surface area contributed by atoms with Crippen molar-refractivity contribution in [1.82, 2.24) is 20.0 Å². The summed E-state index contributed by atoms with van der Waals surface area (Å²) in [6.45, 7) is 3.45. The predicted octanol–water partition coefficient (Wildman–Crippen LogP) is 0.455. The number of carboxylic acid groups (broad SMARTS) is 1. The third-order valence-corrected chi connectivity index (χ3v) is 9.92. The molecule has 0 saturated carbocycles. The molecule has 27 heteroatoms. The van der Waals surface area contributed by atoms with Crippen molar-refractivity contribution < 1.29 is 78.2 Å². The molecule has 1 saturated heterocycles. The molecule has 2 aromatic heterocycles. The van der Waals surface area contributed by atoms with Gasteiger partial charge in [-0.15, -0.1) is 16.0 Å². The van der Waals surface area contributed by atoms with Crippen LogP contribution in [-0.2, 0) is 56.6 Å². The molecular formula is C28H36F3N8O13PS2. The van der Waals surface area contributed by atoms with Crippen molar-refractivity contribution in [1.29, 1.82) is 0 Å². The Bertz CT molecular complexity index is 2040. The lowest BCUT2D eigenvalue weighted by Crippen LogP contribution is -2.76. The number of amides is 2. The van der Waals surface area contributed by atoms with Crippen LogP contribution in [0, 0.1) is 0 Å². The summed E-state index contributed by atoms with van der Waals surface area (Å²) in [5.74, 6) is -6.28. The topological polar surface area (TPSA) is 304 Å². The Morgan fingerprint density at radius 1 is 1.25 bits per heavy atom. The predicted molar refractivity (Wildman–Crippen MR) is 182 cm³/mol. The average molecular weight is 845 g/mol. The lowest BCUT2D eigenvalue weighted by Gasteiger charge is -2.51. The zero-order chi connectivity index (χ0) is 41.5. The fourth-order valence-electron chi connectivity index (χ4n) is 4.53. The van der Waals surface area contributed by atoms with Crippen LogP contribution in [0.5, 0.6) is 5.75 Å². The molecule has 0 aliphatic carbocycles. The number of nitrogen functional groups attached to an aromatic ring is 1. The minimum Gasteiger partial charge on any atom is -0.724 e. The summed E-state index contributed by atoms with van der Waals surface area (Å²) < 4.78 is 96.3. The number of aryl methyl sites for hydroxylation is 2. The van der Waals surface area contributed by atoms with Gasteiger partial charge in [0, 0.05) is 12.5 Å². The van der Waals surface area contributed by atoms with Crippen LogP contribution in [0.2, 0.25) is 0 Å². The summed E-state index contributed by atoms with van der Waals surface area (Å²) in [7, 11) is -6.93. The highest BCUT2D eigenvalue weighted by atomic mass is 32.3. The van der Waals surface area contributed by atoms with Gasteiger partial charge in [-0.2, -0.15) is 27.2 Å². The van der Waals surface area contributed by atoms with Gasteiger partial charge in [-0.05, 0) is 44.5 Å². The van der Waals surface area contributed by atoms with E-state index in [0.717, 1.165) is 42.5 Å². The van der Waals surface area contributed by atoms with E-state index in [9.17, 15) is 45.2 Å². The Morgan fingerprint density at radius 3 is 2.36 bits per heavy atom. The van der Waals surface area contributed by atoms with Crippen molar-refractivity contribution in [3.8, 4) is 16.9 Å². The number of alkyl halides is 3. The smallest absolute Gasteiger partial charge is 0.490 e. The van der Waals surface area contributed by atoms with Gasteiger partial charge >= 0.3 is 19.7 Å². The molecule has 55 heavy (non-hydrogen) atoms. The van der Waals surface area contributed by atoms with Crippen molar-refractivity contribution in [2.24, 2.45) is 17.9 Å². The summed E-state index contributed by atoms with van der Waals surface area (Å²) >= 11 is 0.945. The number of halogens is 3. The second-order valence-electron chi connectivity index (χ2n) is 11.7. The Kier molecular flexibility index (Phi) is 14.5. The number of ether oxygens (including phenoxy) is 1. The first kappa shape index (κ1) is 44.7. The highest BCUT2D eigenvalue weighted by molar-refractivity contribution is 7.80. The molecule has 304 valence electrons. The standard InChI is InChI=1S/C26H35N8O11PS2.C2HF3O2/c1-26(2)22(24(36)34(26)45-48(39,40)41)30-23(35)21(19-15-47-25(28)29-19)31-44-20(46(37,38)42-4)14-43-18-8-6-16(7-9-18)17-12-32(3)33(13-17)11-5-10-27;3-2(4,5)1(6)7/h6-9,12-13,15,20,22H,5,10-11,14,27H2,1-4H3,(H4-,28,29,30,35,37,38,39,40,41);(H,6,7)/b31-21-;/t20-,22-;/m1./s1. The summed E-state index contributed by atoms with van der Waals surface area (Å²) in [5, 5.41) is 14.9. The molecule has 1 aliphatic heterocycles. The summed E-state index contributed by atoms with van der Waals surface area (Å²) in [5.41, 5.74) is 11.0. The number of rotatable bonds is 16. The van der Waals surface area contributed by atoms with E-state index in [0.29, 0.717) is 17.4 Å². The lowest BCUT2D eigenvalue weighted by molar-refractivity contribution is -0.753. The summed E-state index contributed by atoms with van der Waals surface area (Å²) in [6, 6.07) is 5.54. The highest BCUT2D eigenvalue weighted by Gasteiger charge is 2.57. The Morgan fingerprint density at radius 2 is 1.87 bits per heavy atom. The van der Waals surface area contributed by atoms with Crippen molar-refractivity contribution in [3.05, 3.63) is 47.7 Å². The van der Waals surface area contributed by atoms with Gasteiger partial charge < -0.3 is 45.4 Å². The Hall–Kier alpha value is -4.69. The quantitative estimate of drug-likeness (QED) is 0.0249. The Labute approximate surface area is 314 Å². The average Bonchev–Trinajstić information content (AvgIpc) is 3.70. The first-order valence-electron chi connectivity index (χ1n) is 15.3. The van der Waals surface area contributed by atoms with Gasteiger partial charge in [0.2, 0.25) is 16.6 Å². The van der Waals surface area contributed by atoms with Crippen LogP contribution in [-0.4, -0.2) is 105 Å². The number of carboxylic acids is 1. The van der Waals surface area contributed by atoms with Crippen molar-refractivity contribution in [3.63, 3.8) is 0 Å². The number of β-lactam (4-membered cyclic amide) rings is 1. The number of benzene rings is 1. The van der Waals surface area contributed by atoms with E-state index in [4.69, 9.17) is 35.5 Å². The summed E-state index contributed by atoms with van der Waals surface area (Å²) in [4.78, 5) is 54.5. The molecule has 0 radical (unpaired) electrons.